The first-order valence-electron chi connectivity index (χ1n) is 11.4. The Labute approximate surface area is 190 Å². The maximum Gasteiger partial charge on any atom is 0.243 e. The summed E-state index contributed by atoms with van der Waals surface area (Å²) in [6.45, 7) is 5.81. The van der Waals surface area contributed by atoms with Crippen LogP contribution >= 0.6 is 0 Å². The molecule has 1 unspecified atom stereocenters. The molecule has 2 saturated heterocycles. The summed E-state index contributed by atoms with van der Waals surface area (Å²) in [5.74, 6) is -0.195. The number of anilines is 1. The number of carbonyl (C=O) groups is 2. The Kier molecular flexibility index (Phi) is 9.03. The van der Waals surface area contributed by atoms with Gasteiger partial charge in [-0.2, -0.15) is 4.31 Å². The number of piperidine rings is 1. The molecule has 10 heteroatoms. The maximum absolute atomic E-state index is 12.7. The van der Waals surface area contributed by atoms with Crippen molar-refractivity contribution in [3.05, 3.63) is 24.3 Å². The van der Waals surface area contributed by atoms with Crippen molar-refractivity contribution in [3.63, 3.8) is 0 Å². The van der Waals surface area contributed by atoms with Crippen LogP contribution in [0.5, 0.6) is 0 Å². The summed E-state index contributed by atoms with van der Waals surface area (Å²) >= 11 is 0. The fraction of sp³-hybridized carbons (Fsp3) is 0.636. The molecule has 3 rings (SSSR count). The minimum absolute atomic E-state index is 0.0700. The molecular weight excluding hydrogens is 432 g/mol. The monoisotopic (exact) mass is 466 g/mol. The van der Waals surface area contributed by atoms with Crippen LogP contribution in [0.3, 0.4) is 0 Å². The average Bonchev–Trinajstić information content (AvgIpc) is 2.80. The molecule has 2 fully saturated rings. The number of sulfonamides is 1. The lowest BCUT2D eigenvalue weighted by atomic mass is 9.97. The standard InChI is InChI=1S/C22H34N4O5S/c1-2-3-10-23-22(28)18-5-4-11-25(16-18)17-21(27)24-19-6-8-20(9-7-19)32(29,30)26-12-14-31-15-13-26/h6-9,18H,2-5,10-17H2,1H3,(H,23,28)(H,24,27). The van der Waals surface area contributed by atoms with Crippen molar-refractivity contribution >= 4 is 27.5 Å². The normalized spacial score (nSPS) is 20.6. The highest BCUT2D eigenvalue weighted by Gasteiger charge is 2.27. The van der Waals surface area contributed by atoms with Crippen LogP contribution in [-0.4, -0.2) is 81.9 Å². The minimum atomic E-state index is -3.56. The van der Waals surface area contributed by atoms with Crippen molar-refractivity contribution < 1.29 is 22.7 Å². The second-order valence-electron chi connectivity index (χ2n) is 8.31. The zero-order valence-electron chi connectivity index (χ0n) is 18.7. The van der Waals surface area contributed by atoms with E-state index in [2.05, 4.69) is 17.6 Å². The van der Waals surface area contributed by atoms with Gasteiger partial charge in [-0.25, -0.2) is 8.42 Å². The van der Waals surface area contributed by atoms with Crippen molar-refractivity contribution in [2.75, 3.05) is 57.8 Å². The van der Waals surface area contributed by atoms with Gasteiger partial charge in [-0.1, -0.05) is 13.3 Å². The van der Waals surface area contributed by atoms with Crippen molar-refractivity contribution in [1.82, 2.24) is 14.5 Å². The number of hydrogen-bond donors (Lipinski definition) is 2. The van der Waals surface area contributed by atoms with Crippen LogP contribution in [0.1, 0.15) is 32.6 Å². The van der Waals surface area contributed by atoms with Crippen molar-refractivity contribution in [3.8, 4) is 0 Å². The number of hydrogen-bond acceptors (Lipinski definition) is 6. The summed E-state index contributed by atoms with van der Waals surface area (Å²) < 4.78 is 32.0. The second-order valence-corrected chi connectivity index (χ2v) is 10.2. The first kappa shape index (κ1) is 24.6. The predicted octanol–water partition coefficient (Wildman–Crippen LogP) is 1.27. The summed E-state index contributed by atoms with van der Waals surface area (Å²) in [6.07, 6.45) is 3.73. The molecule has 178 valence electrons. The van der Waals surface area contributed by atoms with Gasteiger partial charge in [0.15, 0.2) is 0 Å². The van der Waals surface area contributed by atoms with Crippen LogP contribution < -0.4 is 10.6 Å². The van der Waals surface area contributed by atoms with Crippen LogP contribution in [0, 0.1) is 5.92 Å². The van der Waals surface area contributed by atoms with Gasteiger partial charge in [-0.3, -0.25) is 14.5 Å². The molecule has 1 aromatic rings. The number of unbranched alkanes of at least 4 members (excludes halogenated alkanes) is 1. The third-order valence-corrected chi connectivity index (χ3v) is 7.73. The number of benzene rings is 1. The largest absolute Gasteiger partial charge is 0.379 e. The number of amides is 2. The van der Waals surface area contributed by atoms with Gasteiger partial charge in [0, 0.05) is 31.9 Å². The highest BCUT2D eigenvalue weighted by atomic mass is 32.2. The van der Waals surface area contributed by atoms with E-state index in [1.807, 2.05) is 4.90 Å². The highest BCUT2D eigenvalue weighted by Crippen LogP contribution is 2.20. The summed E-state index contributed by atoms with van der Waals surface area (Å²) in [5, 5.41) is 5.81. The van der Waals surface area contributed by atoms with Crippen molar-refractivity contribution in [2.24, 2.45) is 5.92 Å². The molecule has 0 bridgehead atoms. The molecule has 32 heavy (non-hydrogen) atoms. The Balaban J connectivity index is 1.50. The van der Waals surface area contributed by atoms with E-state index in [9.17, 15) is 18.0 Å². The zero-order valence-corrected chi connectivity index (χ0v) is 19.5. The Morgan fingerprint density at radius 3 is 2.53 bits per heavy atom. The van der Waals surface area contributed by atoms with Crippen molar-refractivity contribution in [1.29, 1.82) is 0 Å². The SMILES string of the molecule is CCCCNC(=O)C1CCCN(CC(=O)Nc2ccc(S(=O)(=O)N3CCOCC3)cc2)C1. The van der Waals surface area contributed by atoms with E-state index >= 15 is 0 Å². The molecule has 1 aromatic carbocycles. The zero-order chi connectivity index (χ0) is 23.0. The molecule has 2 amide bonds. The van der Waals surface area contributed by atoms with Gasteiger partial charge < -0.3 is 15.4 Å². The summed E-state index contributed by atoms with van der Waals surface area (Å²) in [6, 6.07) is 6.23. The minimum Gasteiger partial charge on any atom is -0.379 e. The third kappa shape index (κ3) is 6.74. The summed E-state index contributed by atoms with van der Waals surface area (Å²) in [4.78, 5) is 27.0. The fourth-order valence-corrected chi connectivity index (χ4v) is 5.40. The number of carbonyl (C=O) groups excluding carboxylic acids is 2. The molecule has 0 aliphatic carbocycles. The smallest absolute Gasteiger partial charge is 0.243 e. The first-order chi connectivity index (χ1) is 15.4. The lowest BCUT2D eigenvalue weighted by Gasteiger charge is -2.31. The van der Waals surface area contributed by atoms with E-state index in [1.54, 1.807) is 12.1 Å². The van der Waals surface area contributed by atoms with E-state index in [0.29, 0.717) is 45.1 Å². The molecule has 2 heterocycles. The van der Waals surface area contributed by atoms with Gasteiger partial charge >= 0.3 is 0 Å². The average molecular weight is 467 g/mol. The van der Waals surface area contributed by atoms with Gasteiger partial charge in [0.25, 0.3) is 0 Å². The molecule has 0 saturated carbocycles. The van der Waals surface area contributed by atoms with Crippen LogP contribution in [0.25, 0.3) is 0 Å². The topological polar surface area (TPSA) is 108 Å². The quantitative estimate of drug-likeness (QED) is 0.531. The molecule has 9 nitrogen and oxygen atoms in total. The fourth-order valence-electron chi connectivity index (χ4n) is 4.00. The summed E-state index contributed by atoms with van der Waals surface area (Å²) in [5.41, 5.74) is 0.543. The molecule has 2 aliphatic heterocycles. The van der Waals surface area contributed by atoms with Gasteiger partial charge in [-0.15, -0.1) is 0 Å². The Hall–Kier alpha value is -2.01. The highest BCUT2D eigenvalue weighted by molar-refractivity contribution is 7.89. The van der Waals surface area contributed by atoms with Gasteiger partial charge in [0.1, 0.15) is 0 Å². The summed E-state index contributed by atoms with van der Waals surface area (Å²) in [7, 11) is -3.56. The Morgan fingerprint density at radius 1 is 1.12 bits per heavy atom. The van der Waals surface area contributed by atoms with E-state index in [1.165, 1.54) is 16.4 Å². The first-order valence-corrected chi connectivity index (χ1v) is 12.8. The van der Waals surface area contributed by atoms with Crippen LogP contribution in [-0.2, 0) is 24.3 Å². The maximum atomic E-state index is 12.7. The van der Waals surface area contributed by atoms with Crippen LogP contribution in [0.15, 0.2) is 29.2 Å². The van der Waals surface area contributed by atoms with Gasteiger partial charge in [-0.05, 0) is 50.1 Å². The van der Waals surface area contributed by atoms with E-state index in [0.717, 1.165) is 32.2 Å². The Morgan fingerprint density at radius 2 is 1.84 bits per heavy atom. The predicted molar refractivity (Wildman–Crippen MR) is 122 cm³/mol. The second kappa shape index (κ2) is 11.7. The van der Waals surface area contributed by atoms with Gasteiger partial charge in [0.2, 0.25) is 21.8 Å². The number of nitrogens with zero attached hydrogens (tertiary/aromatic N) is 2. The lowest BCUT2D eigenvalue weighted by Crippen LogP contribution is -2.45. The van der Waals surface area contributed by atoms with E-state index < -0.39 is 10.0 Å². The molecule has 0 aromatic heterocycles. The molecular formula is C22H34N4O5S. The number of morpholine rings is 1. The molecule has 0 spiro atoms. The number of rotatable bonds is 9. The van der Waals surface area contributed by atoms with Crippen LogP contribution in [0.4, 0.5) is 5.69 Å². The molecule has 2 N–H and O–H groups in total. The molecule has 2 aliphatic rings. The van der Waals surface area contributed by atoms with E-state index in [-0.39, 0.29) is 29.2 Å². The van der Waals surface area contributed by atoms with Crippen LogP contribution in [0.2, 0.25) is 0 Å². The number of likely N-dealkylation sites (tertiary alicyclic amines) is 1. The van der Waals surface area contributed by atoms with Crippen molar-refractivity contribution in [2.45, 2.75) is 37.5 Å². The molecule has 0 radical (unpaired) electrons. The lowest BCUT2D eigenvalue weighted by molar-refractivity contribution is -0.127. The Bertz CT molecular complexity index is 869. The number of nitrogens with one attached hydrogen (secondary N) is 2. The number of ether oxygens (including phenoxy) is 1. The third-order valence-electron chi connectivity index (χ3n) is 5.82. The van der Waals surface area contributed by atoms with Gasteiger partial charge in [0.05, 0.1) is 30.6 Å². The van der Waals surface area contributed by atoms with E-state index in [4.69, 9.17) is 4.74 Å². The molecule has 1 atom stereocenters.